The maximum absolute atomic E-state index is 12.2. The van der Waals surface area contributed by atoms with E-state index in [4.69, 9.17) is 11.5 Å². The van der Waals surface area contributed by atoms with Crippen LogP contribution in [0.1, 0.15) is 25.7 Å². The molecule has 0 aliphatic rings. The number of hydrogen-bond acceptors (Lipinski definition) is 4. The van der Waals surface area contributed by atoms with Crippen molar-refractivity contribution in [3.8, 4) is 0 Å². The van der Waals surface area contributed by atoms with Crippen molar-refractivity contribution in [3.63, 3.8) is 0 Å². The lowest BCUT2D eigenvalue weighted by atomic mass is 10.3. The molecule has 6 N–H and O–H groups in total. The van der Waals surface area contributed by atoms with Crippen LogP contribution in [0.5, 0.6) is 0 Å². The topological polar surface area (TPSA) is 76.1 Å². The summed E-state index contributed by atoms with van der Waals surface area (Å²) in [5, 5.41) is 6.46. The van der Waals surface area contributed by atoms with Gasteiger partial charge in [0.2, 0.25) is 0 Å². The van der Waals surface area contributed by atoms with E-state index in [-0.39, 0.29) is 0 Å². The number of unbranched alkanes of at least 4 members (excludes halogenated alkanes) is 1. The fourth-order valence-electron chi connectivity index (χ4n) is 1.22. The molecule has 0 heterocycles. The summed E-state index contributed by atoms with van der Waals surface area (Å²) in [5.74, 6) is 0. The lowest BCUT2D eigenvalue weighted by molar-refractivity contribution is 0.319. The van der Waals surface area contributed by atoms with Gasteiger partial charge in [-0.05, 0) is 52.0 Å². The van der Waals surface area contributed by atoms with Gasteiger partial charge < -0.3 is 22.1 Å². The highest BCUT2D eigenvalue weighted by molar-refractivity contribution is 4.54. The molecule has 1 unspecified atom stereocenters. The first-order valence-electron chi connectivity index (χ1n) is 5.78. The Hall–Kier alpha value is -0.230. The summed E-state index contributed by atoms with van der Waals surface area (Å²) in [7, 11) is 0. The molecule has 0 radical (unpaired) electrons. The highest BCUT2D eigenvalue weighted by Gasteiger charge is 1.96. The first-order valence-corrected chi connectivity index (χ1v) is 5.78. The van der Waals surface area contributed by atoms with Crippen LogP contribution in [0.4, 0.5) is 4.39 Å². The molecule has 0 aromatic rings. The molecule has 0 aromatic carbocycles. The first kappa shape index (κ1) is 14.8. The molecule has 0 saturated carbocycles. The third-order valence-electron chi connectivity index (χ3n) is 2.11. The average molecular weight is 220 g/mol. The Labute approximate surface area is 92.0 Å². The highest BCUT2D eigenvalue weighted by atomic mass is 19.1. The maximum atomic E-state index is 12.2. The van der Waals surface area contributed by atoms with Gasteiger partial charge in [0.1, 0.15) is 6.30 Å². The van der Waals surface area contributed by atoms with Gasteiger partial charge in [0.25, 0.3) is 0 Å². The van der Waals surface area contributed by atoms with E-state index in [1.54, 1.807) is 0 Å². The molecule has 0 bridgehead atoms. The van der Waals surface area contributed by atoms with E-state index in [1.807, 2.05) is 0 Å². The minimum Gasteiger partial charge on any atom is -0.330 e. The largest absolute Gasteiger partial charge is 0.330 e. The van der Waals surface area contributed by atoms with Crippen molar-refractivity contribution in [2.24, 2.45) is 11.5 Å². The number of nitrogens with two attached hydrogens (primary N) is 2. The van der Waals surface area contributed by atoms with Crippen molar-refractivity contribution in [1.29, 1.82) is 0 Å². The lowest BCUT2D eigenvalue weighted by Gasteiger charge is -2.06. The number of halogens is 1. The molecule has 5 heteroatoms. The molecule has 1 atom stereocenters. The summed E-state index contributed by atoms with van der Waals surface area (Å²) in [6.45, 7) is 4.38. The van der Waals surface area contributed by atoms with Crippen molar-refractivity contribution in [2.45, 2.75) is 32.0 Å². The van der Waals surface area contributed by atoms with E-state index < -0.39 is 6.30 Å². The van der Waals surface area contributed by atoms with Crippen molar-refractivity contribution in [3.05, 3.63) is 0 Å². The third-order valence-corrected chi connectivity index (χ3v) is 2.11. The molecule has 15 heavy (non-hydrogen) atoms. The molecular formula is C10H25FN4. The van der Waals surface area contributed by atoms with Crippen LogP contribution >= 0.6 is 0 Å². The molecule has 0 spiro atoms. The van der Waals surface area contributed by atoms with Gasteiger partial charge in [-0.3, -0.25) is 0 Å². The first-order chi connectivity index (χ1) is 7.27. The predicted octanol–water partition coefficient (Wildman–Crippen LogP) is -0.0610. The fourth-order valence-corrected chi connectivity index (χ4v) is 1.22. The van der Waals surface area contributed by atoms with E-state index in [0.717, 1.165) is 45.4 Å². The number of alkyl halides is 1. The molecule has 0 amide bonds. The van der Waals surface area contributed by atoms with E-state index >= 15 is 0 Å². The minimum absolute atomic E-state index is 0.398. The molecule has 0 rings (SSSR count). The second-order valence-corrected chi connectivity index (χ2v) is 3.65. The zero-order valence-electron chi connectivity index (χ0n) is 9.47. The van der Waals surface area contributed by atoms with Gasteiger partial charge >= 0.3 is 0 Å². The monoisotopic (exact) mass is 220 g/mol. The number of rotatable bonds is 11. The van der Waals surface area contributed by atoms with Crippen LogP contribution < -0.4 is 22.1 Å². The van der Waals surface area contributed by atoms with E-state index in [2.05, 4.69) is 10.6 Å². The number of hydrogen-bond donors (Lipinski definition) is 4. The van der Waals surface area contributed by atoms with Gasteiger partial charge in [-0.1, -0.05) is 0 Å². The van der Waals surface area contributed by atoms with Crippen LogP contribution in [0.15, 0.2) is 0 Å². The zero-order valence-corrected chi connectivity index (χ0v) is 9.47. The van der Waals surface area contributed by atoms with Gasteiger partial charge in [-0.2, -0.15) is 0 Å². The average Bonchev–Trinajstić information content (AvgIpc) is 2.20. The minimum atomic E-state index is -1.18. The van der Waals surface area contributed by atoms with E-state index in [9.17, 15) is 4.39 Å². The molecule has 0 aromatic heterocycles. The molecule has 0 aliphatic carbocycles. The Kier molecular flexibility index (Phi) is 11.7. The van der Waals surface area contributed by atoms with Crippen LogP contribution in [-0.2, 0) is 0 Å². The molecule has 92 valence electrons. The molecule has 0 saturated heterocycles. The second kappa shape index (κ2) is 11.8. The smallest absolute Gasteiger partial charge is 0.149 e. The van der Waals surface area contributed by atoms with Gasteiger partial charge in [-0.15, -0.1) is 0 Å². The Bertz CT molecular complexity index is 122. The Morgan fingerprint density at radius 2 is 1.47 bits per heavy atom. The standard InChI is InChI=1S/C10H25FN4/c11-10(13)4-9-15-7-2-1-6-14-8-3-5-12/h10,14-15H,1-9,12-13H2. The normalized spacial score (nSPS) is 13.0. The third kappa shape index (κ3) is 13.8. The van der Waals surface area contributed by atoms with Gasteiger partial charge in [-0.25, -0.2) is 4.39 Å². The maximum Gasteiger partial charge on any atom is 0.149 e. The van der Waals surface area contributed by atoms with Crippen LogP contribution in [0, 0.1) is 0 Å². The second-order valence-electron chi connectivity index (χ2n) is 3.65. The quantitative estimate of drug-likeness (QED) is 0.291. The molecule has 0 aliphatic heterocycles. The summed E-state index contributed by atoms with van der Waals surface area (Å²) in [4.78, 5) is 0. The Morgan fingerprint density at radius 3 is 2.00 bits per heavy atom. The summed E-state index contributed by atoms with van der Waals surface area (Å²) >= 11 is 0. The molecule has 4 nitrogen and oxygen atoms in total. The van der Waals surface area contributed by atoms with E-state index in [1.165, 1.54) is 0 Å². The Morgan fingerprint density at radius 1 is 0.933 bits per heavy atom. The van der Waals surface area contributed by atoms with Crippen LogP contribution in [-0.4, -0.2) is 39.0 Å². The highest BCUT2D eigenvalue weighted by Crippen LogP contribution is 1.88. The van der Waals surface area contributed by atoms with Gasteiger partial charge in [0, 0.05) is 6.42 Å². The summed E-state index contributed by atoms with van der Waals surface area (Å²) < 4.78 is 12.2. The predicted molar refractivity (Wildman–Crippen MR) is 62.3 cm³/mol. The zero-order chi connectivity index (χ0) is 11.4. The summed E-state index contributed by atoms with van der Waals surface area (Å²) in [5.41, 5.74) is 10.3. The van der Waals surface area contributed by atoms with Crippen molar-refractivity contribution < 1.29 is 4.39 Å². The van der Waals surface area contributed by atoms with E-state index in [0.29, 0.717) is 13.0 Å². The van der Waals surface area contributed by atoms with Crippen LogP contribution in [0.25, 0.3) is 0 Å². The van der Waals surface area contributed by atoms with Crippen molar-refractivity contribution >= 4 is 0 Å². The van der Waals surface area contributed by atoms with Crippen molar-refractivity contribution in [1.82, 2.24) is 10.6 Å². The summed E-state index contributed by atoms with van der Waals surface area (Å²) in [6.07, 6.45) is 2.49. The van der Waals surface area contributed by atoms with Gasteiger partial charge in [0.15, 0.2) is 0 Å². The molecular weight excluding hydrogens is 195 g/mol. The van der Waals surface area contributed by atoms with Crippen LogP contribution in [0.3, 0.4) is 0 Å². The SMILES string of the molecule is NCCCNCCCCNCCC(N)F. The summed E-state index contributed by atoms with van der Waals surface area (Å²) in [6, 6.07) is 0. The fraction of sp³-hybridized carbons (Fsp3) is 1.00. The lowest BCUT2D eigenvalue weighted by Crippen LogP contribution is -2.24. The molecule has 0 fully saturated rings. The van der Waals surface area contributed by atoms with Gasteiger partial charge in [0.05, 0.1) is 0 Å². The van der Waals surface area contributed by atoms with Crippen LogP contribution in [0.2, 0.25) is 0 Å². The number of nitrogens with one attached hydrogen (secondary N) is 2. The van der Waals surface area contributed by atoms with Crippen molar-refractivity contribution in [2.75, 3.05) is 32.7 Å². The Balaban J connectivity index is 2.87.